The predicted molar refractivity (Wildman–Crippen MR) is 225 cm³/mol. The normalized spacial score (nSPS) is 12.6. The minimum absolute atomic E-state index is 0.0172. The molecule has 0 saturated carbocycles. The van der Waals surface area contributed by atoms with Crippen LogP contribution in [0.5, 0.6) is 17.2 Å². The van der Waals surface area contributed by atoms with Crippen LogP contribution in [-0.2, 0) is 44.4 Å². The quantitative estimate of drug-likeness (QED) is 0.110. The van der Waals surface area contributed by atoms with Gasteiger partial charge in [-0.2, -0.15) is 4.31 Å². The number of nitrogens with one attached hydrogen (secondary N) is 2. The maximum Gasteiger partial charge on any atom is 0.407 e. The number of carbonyl (C=O) groups is 1. The standard InChI is InChI=1S/C39H46IN7O9S2/c1-26(42-38(48)56-39(2,3)4)22-41-57(49,50)34-21-20-33(40)35(37-43-44-45-47(37)25-29-12-18-32(55-7)19-13-29)36(34)58(51,52)46(23-27-8-14-30(53-5)15-9-27)24-28-10-16-31(54-6)17-11-28/h8-21,26,41H,22-25H2,1-7H3,(H,42,48)/t26-/m1/s1. The molecule has 0 aliphatic heterocycles. The number of benzene rings is 4. The highest BCUT2D eigenvalue weighted by atomic mass is 127. The molecule has 1 atom stereocenters. The molecule has 58 heavy (non-hydrogen) atoms. The van der Waals surface area contributed by atoms with Crippen LogP contribution in [0.15, 0.2) is 94.7 Å². The van der Waals surface area contributed by atoms with Crippen LogP contribution in [-0.4, -0.2) is 87.0 Å². The van der Waals surface area contributed by atoms with Gasteiger partial charge in [0.1, 0.15) is 32.6 Å². The number of methoxy groups -OCH3 is 3. The van der Waals surface area contributed by atoms with E-state index in [1.165, 1.54) is 35.3 Å². The number of hydrogen-bond donors (Lipinski definition) is 2. The number of tetrazole rings is 1. The first-order valence-corrected chi connectivity index (χ1v) is 21.9. The number of hydrogen-bond acceptors (Lipinski definition) is 12. The number of sulfonamides is 2. The fourth-order valence-electron chi connectivity index (χ4n) is 5.71. The monoisotopic (exact) mass is 947 g/mol. The highest BCUT2D eigenvalue weighted by Gasteiger charge is 2.38. The second kappa shape index (κ2) is 18.8. The molecule has 5 rings (SSSR count). The molecule has 0 unspecified atom stereocenters. The largest absolute Gasteiger partial charge is 0.497 e. The first kappa shape index (κ1) is 44.3. The topological polar surface area (TPSA) is 193 Å². The number of rotatable bonds is 17. The van der Waals surface area contributed by atoms with Gasteiger partial charge in [-0.15, -0.1) is 5.10 Å². The molecular weight excluding hydrogens is 902 g/mol. The van der Waals surface area contributed by atoms with E-state index in [2.05, 4.69) is 25.6 Å². The van der Waals surface area contributed by atoms with E-state index in [1.807, 2.05) is 34.7 Å². The van der Waals surface area contributed by atoms with Gasteiger partial charge in [0, 0.05) is 29.2 Å². The summed E-state index contributed by atoms with van der Waals surface area (Å²) in [5.41, 5.74) is 1.19. The average Bonchev–Trinajstić information content (AvgIpc) is 3.64. The van der Waals surface area contributed by atoms with Gasteiger partial charge in [0.15, 0.2) is 5.82 Å². The second-order valence-corrected chi connectivity index (χ2v) is 18.9. The van der Waals surface area contributed by atoms with Crippen LogP contribution in [0.3, 0.4) is 0 Å². The van der Waals surface area contributed by atoms with Crippen LogP contribution >= 0.6 is 22.6 Å². The summed E-state index contributed by atoms with van der Waals surface area (Å²) in [6, 6.07) is 23.0. The summed E-state index contributed by atoms with van der Waals surface area (Å²) in [6.07, 6.45) is -0.740. The second-order valence-electron chi connectivity index (χ2n) is 14.1. The summed E-state index contributed by atoms with van der Waals surface area (Å²) in [6.45, 7) is 6.23. The number of aromatic nitrogens is 4. The van der Waals surface area contributed by atoms with Gasteiger partial charge < -0.3 is 24.3 Å². The van der Waals surface area contributed by atoms with E-state index in [0.29, 0.717) is 31.9 Å². The fourth-order valence-corrected chi connectivity index (χ4v) is 10.1. The third-order valence-electron chi connectivity index (χ3n) is 8.58. The number of alkyl carbamates (subject to hydrolysis) is 1. The van der Waals surface area contributed by atoms with Crippen LogP contribution in [0.1, 0.15) is 44.4 Å². The van der Waals surface area contributed by atoms with Crippen molar-refractivity contribution in [1.29, 1.82) is 0 Å². The Kier molecular flexibility index (Phi) is 14.4. The van der Waals surface area contributed by atoms with E-state index in [1.54, 1.807) is 95.5 Å². The molecule has 310 valence electrons. The lowest BCUT2D eigenvalue weighted by Gasteiger charge is -2.26. The smallest absolute Gasteiger partial charge is 0.407 e. The van der Waals surface area contributed by atoms with Crippen molar-refractivity contribution in [3.63, 3.8) is 0 Å². The number of nitrogens with zero attached hydrogens (tertiary/aromatic N) is 5. The SMILES string of the molecule is COc1ccc(CN(Cc2ccc(OC)cc2)S(=O)(=O)c2c(S(=O)(=O)NC[C@@H](C)NC(=O)OC(C)(C)C)ccc(I)c2-c2nnnn2Cc2ccc(OC)cc2)cc1. The van der Waals surface area contributed by atoms with E-state index in [-0.39, 0.29) is 37.6 Å². The molecule has 0 aliphatic rings. The van der Waals surface area contributed by atoms with Crippen LogP contribution in [0.4, 0.5) is 4.79 Å². The lowest BCUT2D eigenvalue weighted by molar-refractivity contribution is 0.0509. The van der Waals surface area contributed by atoms with Crippen molar-refractivity contribution in [1.82, 2.24) is 34.6 Å². The molecule has 16 nitrogen and oxygen atoms in total. The number of ether oxygens (including phenoxy) is 4. The summed E-state index contributed by atoms with van der Waals surface area (Å²) < 4.78 is 86.6. The summed E-state index contributed by atoms with van der Waals surface area (Å²) in [4.78, 5) is 11.4. The van der Waals surface area contributed by atoms with Crippen LogP contribution in [0.2, 0.25) is 0 Å². The number of carbonyl (C=O) groups excluding carboxylic acids is 1. The Hall–Kier alpha value is -4.83. The van der Waals surface area contributed by atoms with Crippen LogP contribution < -0.4 is 24.2 Å². The minimum atomic E-state index is -4.77. The summed E-state index contributed by atoms with van der Waals surface area (Å²) in [7, 11) is -4.78. The molecule has 1 heterocycles. The molecule has 4 aromatic carbocycles. The molecular formula is C39H46IN7O9S2. The molecule has 0 spiro atoms. The van der Waals surface area contributed by atoms with Crippen LogP contribution in [0, 0.1) is 3.57 Å². The van der Waals surface area contributed by atoms with Gasteiger partial charge in [-0.3, -0.25) is 0 Å². The number of halogens is 1. The number of amides is 1. The molecule has 2 N–H and O–H groups in total. The van der Waals surface area contributed by atoms with Crippen LogP contribution in [0.25, 0.3) is 11.4 Å². The molecule has 5 aromatic rings. The van der Waals surface area contributed by atoms with Gasteiger partial charge >= 0.3 is 6.09 Å². The Morgan fingerprint density at radius 3 is 1.78 bits per heavy atom. The van der Waals surface area contributed by atoms with Crippen molar-refractivity contribution in [3.8, 4) is 28.6 Å². The molecule has 0 bridgehead atoms. The molecule has 0 fully saturated rings. The van der Waals surface area contributed by atoms with Gasteiger partial charge in [0.25, 0.3) is 0 Å². The zero-order valence-electron chi connectivity index (χ0n) is 33.1. The predicted octanol–water partition coefficient (Wildman–Crippen LogP) is 5.60. The zero-order valence-corrected chi connectivity index (χ0v) is 36.9. The van der Waals surface area contributed by atoms with Gasteiger partial charge in [-0.25, -0.2) is 31.0 Å². The Balaban J connectivity index is 1.67. The first-order valence-electron chi connectivity index (χ1n) is 17.9. The van der Waals surface area contributed by atoms with E-state index in [4.69, 9.17) is 18.9 Å². The molecule has 1 amide bonds. The maximum absolute atomic E-state index is 15.5. The Labute approximate surface area is 352 Å². The molecule has 1 aromatic heterocycles. The molecule has 0 saturated heterocycles. The third kappa shape index (κ3) is 11.2. The highest BCUT2D eigenvalue weighted by Crippen LogP contribution is 2.38. The van der Waals surface area contributed by atoms with E-state index in [0.717, 1.165) is 5.56 Å². The van der Waals surface area contributed by atoms with Gasteiger partial charge in [0.2, 0.25) is 20.0 Å². The molecule has 19 heteroatoms. The molecule has 0 aliphatic carbocycles. The highest BCUT2D eigenvalue weighted by molar-refractivity contribution is 14.1. The summed E-state index contributed by atoms with van der Waals surface area (Å²) in [5, 5.41) is 14.9. The van der Waals surface area contributed by atoms with Crippen molar-refractivity contribution < 1.29 is 40.6 Å². The van der Waals surface area contributed by atoms with Crippen molar-refractivity contribution in [2.75, 3.05) is 27.9 Å². The minimum Gasteiger partial charge on any atom is -0.497 e. The lowest BCUT2D eigenvalue weighted by Crippen LogP contribution is -2.44. The maximum atomic E-state index is 15.5. The van der Waals surface area contributed by atoms with E-state index >= 15 is 8.42 Å². The van der Waals surface area contributed by atoms with Gasteiger partial charge in [0.05, 0.1) is 33.4 Å². The van der Waals surface area contributed by atoms with E-state index < -0.39 is 47.6 Å². The van der Waals surface area contributed by atoms with E-state index in [9.17, 15) is 13.2 Å². The Morgan fingerprint density at radius 2 is 1.29 bits per heavy atom. The van der Waals surface area contributed by atoms with Crippen molar-refractivity contribution >= 4 is 48.7 Å². The van der Waals surface area contributed by atoms with Crippen molar-refractivity contribution in [2.24, 2.45) is 0 Å². The molecule has 0 radical (unpaired) electrons. The Morgan fingerprint density at radius 1 is 0.793 bits per heavy atom. The lowest BCUT2D eigenvalue weighted by atomic mass is 10.2. The fraction of sp³-hybridized carbons (Fsp3) is 0.333. The summed E-state index contributed by atoms with van der Waals surface area (Å²) >= 11 is 1.96. The van der Waals surface area contributed by atoms with Gasteiger partial charge in [-0.05, 0) is 126 Å². The Bertz CT molecular complexity index is 2360. The first-order chi connectivity index (χ1) is 27.4. The zero-order chi connectivity index (χ0) is 42.3. The van der Waals surface area contributed by atoms with Gasteiger partial charge in [-0.1, -0.05) is 36.4 Å². The van der Waals surface area contributed by atoms with Crippen molar-refractivity contribution in [3.05, 3.63) is 105 Å². The average molecular weight is 948 g/mol. The van der Waals surface area contributed by atoms with Crippen molar-refractivity contribution in [2.45, 2.75) is 68.8 Å². The summed E-state index contributed by atoms with van der Waals surface area (Å²) in [5.74, 6) is 1.81. The third-order valence-corrected chi connectivity index (χ3v) is 13.0.